The Labute approximate surface area is 580 Å². The normalized spacial score (nSPS) is 13.0. The van der Waals surface area contributed by atoms with Gasteiger partial charge in [-0.3, -0.25) is 73.8 Å². The SMILES string of the molecule is Cc1ccc(N(C(=O)c2cc(C(=O)N(c3ccc(C)cc3)[C@@H](C(=O)NC(C)(C)CC(C)(C)C)c3ccc([N+](=O)[O-])cc3)cc(C(=O)N(c3ccc(C)cc3)[C@@H](C(=O)NC(C)(C)CC(C)(C)C)c3ccc([N+](=O)[O-])cc3)c2)[C@@H](C(=O)NC(C)(C)CC(C)(C)C)c2ccc([N+](=O)[O-])cc2)cc1. The van der Waals surface area contributed by atoms with E-state index in [0.29, 0.717) is 19.3 Å². The largest absolute Gasteiger partial charge is 0.349 e. The summed E-state index contributed by atoms with van der Waals surface area (Å²) in [7, 11) is 0. The number of aryl methyl sites for hydroxylation is 3. The third kappa shape index (κ3) is 20.1. The topological polar surface area (TPSA) is 278 Å². The van der Waals surface area contributed by atoms with Gasteiger partial charge in [0.25, 0.3) is 34.8 Å². The molecule has 0 spiro atoms. The zero-order valence-electron chi connectivity index (χ0n) is 60.0. The van der Waals surface area contributed by atoms with Crippen LogP contribution in [0.15, 0.2) is 164 Å². The van der Waals surface area contributed by atoms with Gasteiger partial charge in [-0.1, -0.05) is 115 Å². The molecule has 99 heavy (non-hydrogen) atoms. The number of carbonyl (C=O) groups is 6. The number of non-ortho nitro benzene ring substituents is 3. The molecule has 21 nitrogen and oxygen atoms in total. The molecule has 0 aliphatic carbocycles. The average molecular weight is 1350 g/mol. The van der Waals surface area contributed by atoms with Crippen molar-refractivity contribution in [2.24, 2.45) is 16.2 Å². The zero-order chi connectivity index (χ0) is 73.7. The number of hydrogen-bond donors (Lipinski definition) is 3. The average Bonchev–Trinajstić information content (AvgIpc) is 0.765. The molecule has 0 heterocycles. The molecule has 0 unspecified atom stereocenters. The molecule has 6 amide bonds. The minimum Gasteiger partial charge on any atom is -0.349 e. The van der Waals surface area contributed by atoms with E-state index in [1.807, 2.05) is 125 Å². The van der Waals surface area contributed by atoms with Gasteiger partial charge >= 0.3 is 0 Å². The van der Waals surface area contributed by atoms with Crippen molar-refractivity contribution in [2.75, 3.05) is 14.7 Å². The molecule has 0 saturated heterocycles. The molecule has 0 aliphatic heterocycles. The van der Waals surface area contributed by atoms with Crippen LogP contribution in [0.25, 0.3) is 0 Å². The van der Waals surface area contributed by atoms with Crippen molar-refractivity contribution in [3.63, 3.8) is 0 Å². The fourth-order valence-corrected chi connectivity index (χ4v) is 13.6. The van der Waals surface area contributed by atoms with Crippen LogP contribution in [0.4, 0.5) is 34.1 Å². The summed E-state index contributed by atoms with van der Waals surface area (Å²) in [4.78, 5) is 136. The van der Waals surface area contributed by atoms with Crippen LogP contribution in [-0.4, -0.2) is 66.8 Å². The maximum atomic E-state index is 16.8. The molecule has 7 aromatic carbocycles. The highest BCUT2D eigenvalue weighted by Crippen LogP contribution is 2.40. The molecule has 0 fully saturated rings. The Morgan fingerprint density at radius 2 is 0.525 bits per heavy atom. The molecule has 7 aromatic rings. The summed E-state index contributed by atoms with van der Waals surface area (Å²) in [6.07, 6.45) is 1.34. The molecular formula is C78H93N9O12. The molecule has 21 heteroatoms. The first-order valence-electron chi connectivity index (χ1n) is 32.9. The van der Waals surface area contributed by atoms with E-state index in [4.69, 9.17) is 0 Å². The van der Waals surface area contributed by atoms with Crippen molar-refractivity contribution in [2.45, 2.75) is 179 Å². The number of rotatable bonds is 24. The van der Waals surface area contributed by atoms with Crippen LogP contribution in [0.3, 0.4) is 0 Å². The van der Waals surface area contributed by atoms with Crippen LogP contribution in [0.2, 0.25) is 0 Å². The maximum absolute atomic E-state index is 16.8. The van der Waals surface area contributed by atoms with E-state index in [0.717, 1.165) is 16.7 Å². The molecular weight excluding hydrogens is 1250 g/mol. The van der Waals surface area contributed by atoms with E-state index < -0.39 is 85.0 Å². The molecule has 0 radical (unpaired) electrons. The highest BCUT2D eigenvalue weighted by molar-refractivity contribution is 6.18. The van der Waals surface area contributed by atoms with Crippen LogP contribution in [0.1, 0.15) is 206 Å². The number of hydrogen-bond acceptors (Lipinski definition) is 12. The van der Waals surface area contributed by atoms with E-state index >= 15 is 28.8 Å². The van der Waals surface area contributed by atoms with Gasteiger partial charge in [0.05, 0.1) is 14.8 Å². The summed E-state index contributed by atoms with van der Waals surface area (Å²) in [6, 6.07) is 34.3. The van der Waals surface area contributed by atoms with Crippen molar-refractivity contribution in [1.82, 2.24) is 16.0 Å². The third-order valence-electron chi connectivity index (χ3n) is 16.3. The Balaban J connectivity index is 1.63. The summed E-state index contributed by atoms with van der Waals surface area (Å²) in [5.41, 5.74) is -2.72. The summed E-state index contributed by atoms with van der Waals surface area (Å²) in [5, 5.41) is 46.2. The second kappa shape index (κ2) is 29.7. The number of amides is 6. The highest BCUT2D eigenvalue weighted by Gasteiger charge is 2.43. The minimum atomic E-state index is -1.63. The molecule has 522 valence electrons. The van der Waals surface area contributed by atoms with Crippen molar-refractivity contribution >= 4 is 69.6 Å². The lowest BCUT2D eigenvalue weighted by molar-refractivity contribution is -0.385. The van der Waals surface area contributed by atoms with Crippen LogP contribution < -0.4 is 30.7 Å². The standard InChI is InChI=1S/C78H93N9O12/c1-49-19-31-58(32-20-49)82(64(52-25-37-61(38-26-52)85(94)95)67(88)79-76(13,14)46-73(4,5)6)70(91)55-43-56(71(92)83(59-33-21-50(2)22-34-59)65(53-27-39-62(40-28-53)86(96)97)68(89)80-77(15,16)47-74(7,8)9)45-57(44-55)72(93)84(60-35-23-51(3)24-36-60)66(54-29-41-63(42-30-54)87(98)99)69(90)81-78(17,18)48-75(10,11)12/h19-45,64-66H,46-48H2,1-18H3,(H,79,88)(H,80,89)(H,81,90)/t64-,65-,66-/m1/s1. The quantitative estimate of drug-likeness (QED) is 0.0376. The molecule has 3 N–H and O–H groups in total. The van der Waals surface area contributed by atoms with Crippen LogP contribution in [-0.2, 0) is 14.4 Å². The van der Waals surface area contributed by atoms with E-state index in [2.05, 4.69) is 16.0 Å². The predicted octanol–water partition coefficient (Wildman–Crippen LogP) is 16.5. The van der Waals surface area contributed by atoms with Gasteiger partial charge in [-0.05, 0) is 206 Å². The Bertz CT molecular complexity index is 3710. The van der Waals surface area contributed by atoms with Gasteiger partial charge in [0.1, 0.15) is 18.1 Å². The minimum absolute atomic E-state index is 0.135. The first kappa shape index (κ1) is 75.9. The second-order valence-corrected chi connectivity index (χ2v) is 31.4. The number of nitrogens with zero attached hydrogens (tertiary/aromatic N) is 6. The van der Waals surface area contributed by atoms with Crippen molar-refractivity contribution in [3.8, 4) is 0 Å². The summed E-state index contributed by atoms with van der Waals surface area (Å²) < 4.78 is 0. The predicted molar refractivity (Wildman–Crippen MR) is 387 cm³/mol. The smallest absolute Gasteiger partial charge is 0.269 e. The number of benzene rings is 7. The van der Waals surface area contributed by atoms with Crippen LogP contribution >= 0.6 is 0 Å². The lowest BCUT2D eigenvalue weighted by Crippen LogP contribution is -2.52. The van der Waals surface area contributed by atoms with Gasteiger partial charge in [-0.2, -0.15) is 0 Å². The van der Waals surface area contributed by atoms with Gasteiger partial charge in [0.2, 0.25) is 17.7 Å². The van der Waals surface area contributed by atoms with Crippen LogP contribution in [0, 0.1) is 67.4 Å². The molecule has 3 atom stereocenters. The first-order chi connectivity index (χ1) is 45.8. The van der Waals surface area contributed by atoms with Gasteiger partial charge < -0.3 is 16.0 Å². The van der Waals surface area contributed by atoms with Crippen molar-refractivity contribution < 1.29 is 43.5 Å². The van der Waals surface area contributed by atoms with E-state index in [9.17, 15) is 30.3 Å². The summed E-state index contributed by atoms with van der Waals surface area (Å²) in [5.74, 6) is -5.03. The van der Waals surface area contributed by atoms with E-state index in [1.165, 1.54) is 106 Å². The fourth-order valence-electron chi connectivity index (χ4n) is 13.6. The van der Waals surface area contributed by atoms with Gasteiger partial charge in [-0.25, -0.2) is 0 Å². The van der Waals surface area contributed by atoms with Gasteiger partial charge in [0.15, 0.2) is 0 Å². The van der Waals surface area contributed by atoms with Crippen molar-refractivity contribution in [3.05, 3.63) is 244 Å². The number of carbonyl (C=O) groups excluding carboxylic acids is 6. The number of nitro benzene ring substituents is 3. The van der Waals surface area contributed by atoms with E-state index in [-0.39, 0.29) is 83.7 Å². The Hall–Kier alpha value is -10.4. The first-order valence-corrected chi connectivity index (χ1v) is 32.9. The number of nitro groups is 3. The second-order valence-electron chi connectivity index (χ2n) is 31.4. The fraction of sp³-hybridized carbons (Fsp3) is 0.385. The zero-order valence-corrected chi connectivity index (χ0v) is 60.0. The Morgan fingerprint density at radius 1 is 0.333 bits per heavy atom. The van der Waals surface area contributed by atoms with Crippen LogP contribution in [0.5, 0.6) is 0 Å². The maximum Gasteiger partial charge on any atom is 0.269 e. The molecule has 0 saturated carbocycles. The molecule has 0 aromatic heterocycles. The van der Waals surface area contributed by atoms with Crippen molar-refractivity contribution in [1.29, 1.82) is 0 Å². The summed E-state index contributed by atoms with van der Waals surface area (Å²) >= 11 is 0. The molecule has 0 bridgehead atoms. The number of nitrogens with one attached hydrogen (secondary N) is 3. The highest BCUT2D eigenvalue weighted by atomic mass is 16.6. The number of anilines is 3. The summed E-state index contributed by atoms with van der Waals surface area (Å²) in [6.45, 7) is 34.5. The molecule has 0 aliphatic rings. The lowest BCUT2D eigenvalue weighted by Gasteiger charge is -2.38. The Kier molecular flexibility index (Phi) is 22.8. The monoisotopic (exact) mass is 1350 g/mol. The third-order valence-corrected chi connectivity index (χ3v) is 16.3. The van der Waals surface area contributed by atoms with E-state index in [1.54, 1.807) is 72.8 Å². The lowest BCUT2D eigenvalue weighted by atomic mass is 9.81. The van der Waals surface area contributed by atoms with Gasteiger partial charge in [0, 0.05) is 86.8 Å². The Morgan fingerprint density at radius 3 is 0.697 bits per heavy atom. The molecule has 7 rings (SSSR count). The van der Waals surface area contributed by atoms with Gasteiger partial charge in [-0.15, -0.1) is 0 Å².